The van der Waals surface area contributed by atoms with Gasteiger partial charge in [0, 0.05) is 13.0 Å². The number of carbonyl (C=O) groups excluding carboxylic acids is 2. The van der Waals surface area contributed by atoms with Crippen molar-refractivity contribution < 1.29 is 19.1 Å². The van der Waals surface area contributed by atoms with Crippen LogP contribution in [-0.2, 0) is 19.1 Å². The summed E-state index contributed by atoms with van der Waals surface area (Å²) in [6.07, 6.45) is 6.97. The lowest BCUT2D eigenvalue weighted by atomic mass is 9.94. The summed E-state index contributed by atoms with van der Waals surface area (Å²) in [5, 5.41) is 0. The zero-order valence-electron chi connectivity index (χ0n) is 10.9. The van der Waals surface area contributed by atoms with Gasteiger partial charge in [-0.1, -0.05) is 12.8 Å². The monoisotopic (exact) mass is 254 g/mol. The van der Waals surface area contributed by atoms with Crippen LogP contribution in [0.4, 0.5) is 0 Å². The molecule has 4 nitrogen and oxygen atoms in total. The summed E-state index contributed by atoms with van der Waals surface area (Å²) in [6, 6.07) is 0. The van der Waals surface area contributed by atoms with Gasteiger partial charge in [-0.15, -0.1) is 0 Å². The van der Waals surface area contributed by atoms with E-state index in [-0.39, 0.29) is 24.5 Å². The van der Waals surface area contributed by atoms with Crippen LogP contribution in [0, 0.1) is 5.92 Å². The van der Waals surface area contributed by atoms with E-state index in [9.17, 15) is 9.59 Å². The van der Waals surface area contributed by atoms with E-state index in [1.54, 1.807) is 0 Å². The highest BCUT2D eigenvalue weighted by atomic mass is 16.7. The molecular weight excluding hydrogens is 232 g/mol. The minimum absolute atomic E-state index is 0.0288. The largest absolute Gasteiger partial charge is 0.353 e. The third-order valence-electron chi connectivity index (χ3n) is 3.74. The lowest BCUT2D eigenvalue weighted by Crippen LogP contribution is -2.30. The van der Waals surface area contributed by atoms with E-state index in [0.717, 1.165) is 38.5 Å². The lowest BCUT2D eigenvalue weighted by molar-refractivity contribution is -0.171. The zero-order valence-corrected chi connectivity index (χ0v) is 10.9. The fraction of sp³-hybridized carbons (Fsp3) is 0.857. The average molecular weight is 254 g/mol. The van der Waals surface area contributed by atoms with Crippen molar-refractivity contribution in [2.24, 2.45) is 5.92 Å². The maximum absolute atomic E-state index is 12.0. The lowest BCUT2D eigenvalue weighted by Gasteiger charge is -2.23. The summed E-state index contributed by atoms with van der Waals surface area (Å²) < 4.78 is 10.9. The Morgan fingerprint density at radius 2 is 2.00 bits per heavy atom. The van der Waals surface area contributed by atoms with Gasteiger partial charge in [-0.25, -0.2) is 0 Å². The maximum Gasteiger partial charge on any atom is 0.169 e. The summed E-state index contributed by atoms with van der Waals surface area (Å²) in [5.41, 5.74) is 0. The molecule has 0 aromatic heterocycles. The average Bonchev–Trinajstić information content (AvgIpc) is 2.62. The Kier molecular flexibility index (Phi) is 5.32. The van der Waals surface area contributed by atoms with Crippen LogP contribution in [0.25, 0.3) is 0 Å². The van der Waals surface area contributed by atoms with E-state index < -0.39 is 5.92 Å². The van der Waals surface area contributed by atoms with Crippen molar-refractivity contribution in [1.82, 2.24) is 0 Å². The van der Waals surface area contributed by atoms with Gasteiger partial charge in [0.1, 0.15) is 12.4 Å². The molecule has 18 heavy (non-hydrogen) atoms. The highest BCUT2D eigenvalue weighted by molar-refractivity contribution is 6.03. The van der Waals surface area contributed by atoms with Gasteiger partial charge in [-0.2, -0.15) is 0 Å². The number of hydrogen-bond donors (Lipinski definition) is 0. The fourth-order valence-electron chi connectivity index (χ4n) is 2.62. The molecule has 0 amide bonds. The van der Waals surface area contributed by atoms with Crippen LogP contribution in [0.3, 0.4) is 0 Å². The second-order valence-electron chi connectivity index (χ2n) is 5.19. The Morgan fingerprint density at radius 3 is 2.78 bits per heavy atom. The minimum atomic E-state index is -0.420. The first-order valence-electron chi connectivity index (χ1n) is 7.06. The van der Waals surface area contributed by atoms with Crippen molar-refractivity contribution in [2.75, 3.05) is 13.2 Å². The first-order valence-corrected chi connectivity index (χ1v) is 7.06. The molecule has 1 heterocycles. The molecule has 1 aliphatic carbocycles. The SMILES string of the molecule is O=C1CCCCC[C@H]1C(=O)CO[C@@H]1CCCCO1. The second-order valence-corrected chi connectivity index (χ2v) is 5.19. The van der Waals surface area contributed by atoms with E-state index >= 15 is 0 Å². The zero-order chi connectivity index (χ0) is 12.8. The second kappa shape index (κ2) is 7.00. The van der Waals surface area contributed by atoms with Crippen LogP contribution in [-0.4, -0.2) is 31.1 Å². The molecule has 0 bridgehead atoms. The van der Waals surface area contributed by atoms with Crippen molar-refractivity contribution in [3.05, 3.63) is 0 Å². The molecule has 4 heteroatoms. The number of ether oxygens (including phenoxy) is 2. The topological polar surface area (TPSA) is 52.6 Å². The van der Waals surface area contributed by atoms with E-state index in [4.69, 9.17) is 9.47 Å². The summed E-state index contributed by atoms with van der Waals surface area (Å²) in [6.45, 7) is 0.738. The van der Waals surface area contributed by atoms with E-state index in [1.165, 1.54) is 0 Å². The first-order chi connectivity index (χ1) is 8.77. The van der Waals surface area contributed by atoms with Gasteiger partial charge in [0.05, 0.1) is 5.92 Å². The van der Waals surface area contributed by atoms with Crippen LogP contribution in [0.2, 0.25) is 0 Å². The van der Waals surface area contributed by atoms with Crippen LogP contribution < -0.4 is 0 Å². The smallest absolute Gasteiger partial charge is 0.169 e. The van der Waals surface area contributed by atoms with Gasteiger partial charge in [0.2, 0.25) is 0 Å². The predicted octanol–water partition coefficient (Wildman–Crippen LogP) is 2.25. The van der Waals surface area contributed by atoms with Crippen molar-refractivity contribution in [3.8, 4) is 0 Å². The molecule has 0 radical (unpaired) electrons. The third-order valence-corrected chi connectivity index (χ3v) is 3.74. The van der Waals surface area contributed by atoms with Gasteiger partial charge >= 0.3 is 0 Å². The molecule has 1 saturated carbocycles. The number of Topliss-reactive ketones (excluding diaryl/α,β-unsaturated/α-hetero) is 2. The van der Waals surface area contributed by atoms with Gasteiger partial charge in [-0.05, 0) is 32.1 Å². The van der Waals surface area contributed by atoms with Crippen LogP contribution >= 0.6 is 0 Å². The highest BCUT2D eigenvalue weighted by Gasteiger charge is 2.28. The van der Waals surface area contributed by atoms with Crippen LogP contribution in [0.15, 0.2) is 0 Å². The van der Waals surface area contributed by atoms with Gasteiger partial charge in [-0.3, -0.25) is 9.59 Å². The molecule has 0 unspecified atom stereocenters. The summed E-state index contributed by atoms with van der Waals surface area (Å²) in [5.74, 6) is -0.377. The predicted molar refractivity (Wildman–Crippen MR) is 66.1 cm³/mol. The maximum atomic E-state index is 12.0. The summed E-state index contributed by atoms with van der Waals surface area (Å²) >= 11 is 0. The highest BCUT2D eigenvalue weighted by Crippen LogP contribution is 2.21. The fourth-order valence-corrected chi connectivity index (χ4v) is 2.62. The molecule has 1 aliphatic heterocycles. The van der Waals surface area contributed by atoms with Crippen molar-refractivity contribution >= 4 is 11.6 Å². The molecule has 1 saturated heterocycles. The molecule has 0 N–H and O–H groups in total. The third kappa shape index (κ3) is 3.89. The Morgan fingerprint density at radius 1 is 1.17 bits per heavy atom. The summed E-state index contributed by atoms with van der Waals surface area (Å²) in [4.78, 5) is 23.8. The Labute approximate surface area is 108 Å². The molecule has 2 atom stereocenters. The molecular formula is C14H22O4. The minimum Gasteiger partial charge on any atom is -0.353 e. The Bertz CT molecular complexity index is 294. The number of carbonyl (C=O) groups is 2. The van der Waals surface area contributed by atoms with Gasteiger partial charge in [0.15, 0.2) is 12.1 Å². The Balaban J connectivity index is 1.77. The molecule has 2 fully saturated rings. The van der Waals surface area contributed by atoms with Crippen molar-refractivity contribution in [3.63, 3.8) is 0 Å². The first kappa shape index (κ1) is 13.7. The van der Waals surface area contributed by atoms with Gasteiger partial charge < -0.3 is 9.47 Å². The molecule has 0 aromatic carbocycles. The van der Waals surface area contributed by atoms with Crippen molar-refractivity contribution in [2.45, 2.75) is 57.7 Å². The number of hydrogen-bond acceptors (Lipinski definition) is 4. The molecule has 102 valence electrons. The summed E-state index contributed by atoms with van der Waals surface area (Å²) in [7, 11) is 0. The molecule has 2 rings (SSSR count). The standard InChI is InChI=1S/C14H22O4/c15-12-7-3-1-2-6-11(12)13(16)10-18-14-8-4-5-9-17-14/h11,14H,1-10H2/t11-,14-/m1/s1. The van der Waals surface area contributed by atoms with Crippen molar-refractivity contribution in [1.29, 1.82) is 0 Å². The normalized spacial score (nSPS) is 29.9. The van der Waals surface area contributed by atoms with E-state index in [1.807, 2.05) is 0 Å². The quantitative estimate of drug-likeness (QED) is 0.570. The van der Waals surface area contributed by atoms with Gasteiger partial charge in [0.25, 0.3) is 0 Å². The molecule has 2 aliphatic rings. The molecule has 0 aromatic rings. The Hall–Kier alpha value is -0.740. The van der Waals surface area contributed by atoms with E-state index in [0.29, 0.717) is 19.4 Å². The number of ketones is 2. The van der Waals surface area contributed by atoms with Crippen LogP contribution in [0.1, 0.15) is 51.4 Å². The molecule has 0 spiro atoms. The van der Waals surface area contributed by atoms with E-state index in [2.05, 4.69) is 0 Å². The number of rotatable bonds is 4. The van der Waals surface area contributed by atoms with Crippen LogP contribution in [0.5, 0.6) is 0 Å².